The molecule has 2 aromatic carbocycles. The van der Waals surface area contributed by atoms with Crippen LogP contribution in [0.1, 0.15) is 10.4 Å². The fraction of sp³-hybridized carbons (Fsp3) is 0.0556. The van der Waals surface area contributed by atoms with Crippen LogP contribution in [0.25, 0.3) is 11.0 Å². The van der Waals surface area contributed by atoms with Gasteiger partial charge >= 0.3 is 5.63 Å². The molecule has 0 aliphatic heterocycles. The summed E-state index contributed by atoms with van der Waals surface area (Å²) in [5.41, 5.74) is 3.62. The lowest BCUT2D eigenvalue weighted by Crippen LogP contribution is -2.45. The van der Waals surface area contributed by atoms with Crippen molar-refractivity contribution in [1.82, 2.24) is 10.9 Å². The molecule has 0 bridgehead atoms. The van der Waals surface area contributed by atoms with Crippen molar-refractivity contribution in [3.8, 4) is 5.75 Å². The van der Waals surface area contributed by atoms with Crippen molar-refractivity contribution < 1.29 is 18.7 Å². The predicted octanol–water partition coefficient (Wildman–Crippen LogP) is 3.05. The minimum absolute atomic E-state index is 0.237. The minimum Gasteiger partial charge on any atom is -0.484 e. The van der Waals surface area contributed by atoms with Crippen LogP contribution in [0.15, 0.2) is 62.2 Å². The van der Waals surface area contributed by atoms with E-state index in [-0.39, 0.29) is 12.2 Å². The lowest BCUT2D eigenvalue weighted by molar-refractivity contribution is -0.123. The van der Waals surface area contributed by atoms with E-state index in [9.17, 15) is 14.4 Å². The van der Waals surface area contributed by atoms with Gasteiger partial charge in [-0.3, -0.25) is 20.4 Å². The molecule has 3 rings (SSSR count). The van der Waals surface area contributed by atoms with Crippen molar-refractivity contribution in [1.29, 1.82) is 0 Å². The van der Waals surface area contributed by atoms with Crippen LogP contribution in [-0.2, 0) is 4.79 Å². The molecule has 2 amide bonds. The number of hydrazine groups is 1. The third-order valence-electron chi connectivity index (χ3n) is 3.44. The minimum atomic E-state index is -0.811. The van der Waals surface area contributed by atoms with E-state index >= 15 is 0 Å². The monoisotopic (exact) mass is 450 g/mol. The number of hydrogen-bond donors (Lipinski definition) is 2. The van der Waals surface area contributed by atoms with Gasteiger partial charge in [-0.1, -0.05) is 27.5 Å². The lowest BCUT2D eigenvalue weighted by atomic mass is 10.2. The first-order chi connectivity index (χ1) is 12.9. The second-order valence-corrected chi connectivity index (χ2v) is 6.73. The smallest absolute Gasteiger partial charge is 0.349 e. The third-order valence-corrected chi connectivity index (χ3v) is 4.18. The Morgan fingerprint density at radius 1 is 1.07 bits per heavy atom. The summed E-state index contributed by atoms with van der Waals surface area (Å²) in [5, 5.41) is 1.10. The SMILES string of the molecule is O=C(COc1ccc(Cl)cc1)NNC(=O)c1cc2cc(Br)ccc2oc1=O. The normalized spacial score (nSPS) is 10.4. The average Bonchev–Trinajstić information content (AvgIpc) is 2.65. The van der Waals surface area contributed by atoms with Crippen molar-refractivity contribution in [2.24, 2.45) is 0 Å². The summed E-state index contributed by atoms with van der Waals surface area (Å²) in [4.78, 5) is 35.9. The third kappa shape index (κ3) is 4.87. The Balaban J connectivity index is 1.60. The topological polar surface area (TPSA) is 97.6 Å². The van der Waals surface area contributed by atoms with Crippen molar-refractivity contribution in [2.45, 2.75) is 0 Å². The number of amides is 2. The Kier molecular flexibility index (Phi) is 5.78. The molecule has 0 atom stereocenters. The van der Waals surface area contributed by atoms with Crippen LogP contribution in [-0.4, -0.2) is 18.4 Å². The van der Waals surface area contributed by atoms with Crippen molar-refractivity contribution in [3.05, 3.63) is 74.0 Å². The molecule has 138 valence electrons. The van der Waals surface area contributed by atoms with Gasteiger partial charge in [-0.05, 0) is 48.5 Å². The predicted molar refractivity (Wildman–Crippen MR) is 103 cm³/mol. The van der Waals surface area contributed by atoms with Gasteiger partial charge in [0.1, 0.15) is 16.9 Å². The van der Waals surface area contributed by atoms with Gasteiger partial charge in [0.2, 0.25) is 0 Å². The first-order valence-corrected chi connectivity index (χ1v) is 8.80. The van der Waals surface area contributed by atoms with Gasteiger partial charge in [0, 0.05) is 14.9 Å². The standard InChI is InChI=1S/C18H12BrClN2O5/c19-11-1-6-15-10(7-11)8-14(18(25)27-15)17(24)22-21-16(23)9-26-13-4-2-12(20)3-5-13/h1-8H,9H2,(H,21,23)(H,22,24). The van der Waals surface area contributed by atoms with E-state index in [1.54, 1.807) is 42.5 Å². The molecule has 7 nitrogen and oxygen atoms in total. The van der Waals surface area contributed by atoms with E-state index in [1.807, 2.05) is 0 Å². The molecular formula is C18H12BrClN2O5. The molecule has 27 heavy (non-hydrogen) atoms. The molecule has 0 aliphatic carbocycles. The highest BCUT2D eigenvalue weighted by Crippen LogP contribution is 2.19. The lowest BCUT2D eigenvalue weighted by Gasteiger charge is -2.09. The fourth-order valence-corrected chi connectivity index (χ4v) is 2.67. The van der Waals surface area contributed by atoms with Crippen LogP contribution in [0.5, 0.6) is 5.75 Å². The number of halogens is 2. The first-order valence-electron chi connectivity index (χ1n) is 7.63. The van der Waals surface area contributed by atoms with E-state index in [1.165, 1.54) is 6.07 Å². The molecular weight excluding hydrogens is 440 g/mol. The maximum atomic E-state index is 12.2. The van der Waals surface area contributed by atoms with Crippen LogP contribution in [0.4, 0.5) is 0 Å². The molecule has 0 unspecified atom stereocenters. The summed E-state index contributed by atoms with van der Waals surface area (Å²) < 4.78 is 11.1. The molecule has 0 spiro atoms. The number of ether oxygens (including phenoxy) is 1. The van der Waals surface area contributed by atoms with E-state index in [0.717, 1.165) is 4.47 Å². The number of carbonyl (C=O) groups is 2. The van der Waals surface area contributed by atoms with Crippen LogP contribution in [0.2, 0.25) is 5.02 Å². The van der Waals surface area contributed by atoms with Crippen LogP contribution in [0, 0.1) is 0 Å². The van der Waals surface area contributed by atoms with Crippen molar-refractivity contribution in [2.75, 3.05) is 6.61 Å². The van der Waals surface area contributed by atoms with E-state index in [2.05, 4.69) is 26.8 Å². The van der Waals surface area contributed by atoms with E-state index in [0.29, 0.717) is 21.7 Å². The molecule has 0 aliphatic rings. The first kappa shape index (κ1) is 18.9. The van der Waals surface area contributed by atoms with Gasteiger partial charge in [-0.25, -0.2) is 4.79 Å². The highest BCUT2D eigenvalue weighted by Gasteiger charge is 2.15. The second-order valence-electron chi connectivity index (χ2n) is 5.37. The summed E-state index contributed by atoms with van der Waals surface area (Å²) >= 11 is 9.06. The maximum absolute atomic E-state index is 12.2. The fourth-order valence-electron chi connectivity index (χ4n) is 2.16. The zero-order chi connectivity index (χ0) is 19.4. The average molecular weight is 452 g/mol. The molecule has 0 radical (unpaired) electrons. The molecule has 9 heteroatoms. The quantitative estimate of drug-likeness (QED) is 0.469. The zero-order valence-electron chi connectivity index (χ0n) is 13.6. The number of fused-ring (bicyclic) bond motifs is 1. The molecule has 1 heterocycles. The molecule has 2 N–H and O–H groups in total. The van der Waals surface area contributed by atoms with Gasteiger partial charge in [0.25, 0.3) is 11.8 Å². The van der Waals surface area contributed by atoms with Crippen molar-refractivity contribution >= 4 is 50.3 Å². The number of nitrogens with one attached hydrogen (secondary N) is 2. The Bertz CT molecular complexity index is 1070. The highest BCUT2D eigenvalue weighted by atomic mass is 79.9. The summed E-state index contributed by atoms with van der Waals surface area (Å²) in [5.74, 6) is -0.960. The van der Waals surface area contributed by atoms with Gasteiger partial charge in [-0.2, -0.15) is 0 Å². The Morgan fingerprint density at radius 3 is 2.56 bits per heavy atom. The Morgan fingerprint density at radius 2 is 1.81 bits per heavy atom. The molecule has 3 aromatic rings. The summed E-state index contributed by atoms with van der Waals surface area (Å²) in [6.45, 7) is -0.332. The summed E-state index contributed by atoms with van der Waals surface area (Å²) in [7, 11) is 0. The number of benzene rings is 2. The zero-order valence-corrected chi connectivity index (χ0v) is 16.0. The number of rotatable bonds is 4. The molecule has 0 fully saturated rings. The Hall–Kier alpha value is -2.84. The van der Waals surface area contributed by atoms with Gasteiger partial charge in [0.15, 0.2) is 6.61 Å². The van der Waals surface area contributed by atoms with Crippen LogP contribution in [0.3, 0.4) is 0 Å². The van der Waals surface area contributed by atoms with Gasteiger partial charge in [0.05, 0.1) is 0 Å². The Labute approximate surface area is 166 Å². The highest BCUT2D eigenvalue weighted by molar-refractivity contribution is 9.10. The van der Waals surface area contributed by atoms with Crippen LogP contribution >= 0.6 is 27.5 Å². The largest absolute Gasteiger partial charge is 0.484 e. The van der Waals surface area contributed by atoms with Crippen molar-refractivity contribution in [3.63, 3.8) is 0 Å². The van der Waals surface area contributed by atoms with Crippen LogP contribution < -0.4 is 21.2 Å². The maximum Gasteiger partial charge on any atom is 0.349 e. The van der Waals surface area contributed by atoms with E-state index < -0.39 is 17.4 Å². The number of carbonyl (C=O) groups excluding carboxylic acids is 2. The van der Waals surface area contributed by atoms with E-state index in [4.69, 9.17) is 20.8 Å². The summed E-state index contributed by atoms with van der Waals surface area (Å²) in [6.07, 6.45) is 0. The summed E-state index contributed by atoms with van der Waals surface area (Å²) in [6, 6.07) is 12.9. The van der Waals surface area contributed by atoms with Gasteiger partial charge in [-0.15, -0.1) is 0 Å². The van der Waals surface area contributed by atoms with Gasteiger partial charge < -0.3 is 9.15 Å². The molecule has 1 aromatic heterocycles. The second kappa shape index (κ2) is 8.24. The molecule has 0 saturated heterocycles. The molecule has 0 saturated carbocycles. The number of hydrogen-bond acceptors (Lipinski definition) is 5.